The van der Waals surface area contributed by atoms with E-state index < -0.39 is 11.9 Å². The molecule has 2 saturated heterocycles. The second-order valence-electron chi connectivity index (χ2n) is 8.66. The summed E-state index contributed by atoms with van der Waals surface area (Å²) in [5.41, 5.74) is 0.152. The lowest BCUT2D eigenvalue weighted by molar-refractivity contribution is -0.156. The summed E-state index contributed by atoms with van der Waals surface area (Å²) in [5, 5.41) is 0. The van der Waals surface area contributed by atoms with Crippen molar-refractivity contribution >= 4 is 11.9 Å². The fourth-order valence-electron chi connectivity index (χ4n) is 4.38. The average molecular weight is 352 g/mol. The monoisotopic (exact) mass is 352 g/mol. The second kappa shape index (κ2) is 6.23. The van der Waals surface area contributed by atoms with E-state index in [0.29, 0.717) is 37.3 Å². The van der Waals surface area contributed by atoms with Crippen LogP contribution >= 0.6 is 0 Å². The van der Waals surface area contributed by atoms with Gasteiger partial charge in [-0.3, -0.25) is 9.59 Å². The Balaban J connectivity index is 1.09. The fraction of sp³-hybridized carbons (Fsp3) is 0.895. The molecule has 4 fully saturated rings. The highest BCUT2D eigenvalue weighted by Crippen LogP contribution is 2.50. The molecular formula is C19H28O6. The highest BCUT2D eigenvalue weighted by molar-refractivity contribution is 5.91. The van der Waals surface area contributed by atoms with Crippen LogP contribution < -0.4 is 0 Å². The summed E-state index contributed by atoms with van der Waals surface area (Å²) in [5.74, 6) is -0.292. The molecule has 0 aromatic carbocycles. The van der Waals surface area contributed by atoms with E-state index in [1.165, 1.54) is 0 Å². The van der Waals surface area contributed by atoms with Gasteiger partial charge in [0.05, 0.1) is 36.6 Å². The molecule has 0 bridgehead atoms. The van der Waals surface area contributed by atoms with Gasteiger partial charge in [-0.05, 0) is 64.2 Å². The summed E-state index contributed by atoms with van der Waals surface area (Å²) < 4.78 is 21.8. The van der Waals surface area contributed by atoms with Crippen LogP contribution in [0.1, 0.15) is 58.8 Å². The molecule has 0 spiro atoms. The number of carbonyl (C=O) groups is 2. The molecule has 2 aliphatic heterocycles. The third-order valence-corrected chi connectivity index (χ3v) is 6.51. The molecule has 2 heterocycles. The zero-order valence-corrected chi connectivity index (χ0v) is 15.1. The molecule has 0 aromatic heterocycles. The normalized spacial score (nSPS) is 44.2. The van der Waals surface area contributed by atoms with Gasteiger partial charge in [-0.1, -0.05) is 0 Å². The third-order valence-electron chi connectivity index (χ3n) is 6.51. The standard InChI is InChI=1S/C19H28O6/c1-18-5-3-12(7-14(18)24-18)10-22-16(20)9-17(21)23-11-13-4-6-19(2)15(8-13)25-19/h12-15H,3-11H2,1-2H3. The lowest BCUT2D eigenvalue weighted by Gasteiger charge is -2.22. The number of fused-ring (bicyclic) bond motifs is 2. The van der Waals surface area contributed by atoms with Crippen molar-refractivity contribution in [2.24, 2.45) is 11.8 Å². The molecular weight excluding hydrogens is 324 g/mol. The zero-order chi connectivity index (χ0) is 17.7. The molecule has 6 nitrogen and oxygen atoms in total. The van der Waals surface area contributed by atoms with E-state index in [1.54, 1.807) is 0 Å². The fourth-order valence-corrected chi connectivity index (χ4v) is 4.38. The van der Waals surface area contributed by atoms with Gasteiger partial charge in [0, 0.05) is 0 Å². The second-order valence-corrected chi connectivity index (χ2v) is 8.66. The Morgan fingerprint density at radius 1 is 0.880 bits per heavy atom. The summed E-state index contributed by atoms with van der Waals surface area (Å²) in [6.07, 6.45) is 6.29. The molecule has 0 radical (unpaired) electrons. The van der Waals surface area contributed by atoms with Crippen LogP contribution in [0.25, 0.3) is 0 Å². The molecule has 2 aliphatic carbocycles. The molecule has 6 heteroatoms. The van der Waals surface area contributed by atoms with E-state index in [1.807, 2.05) is 0 Å². The van der Waals surface area contributed by atoms with Gasteiger partial charge >= 0.3 is 11.9 Å². The van der Waals surface area contributed by atoms with E-state index in [-0.39, 0.29) is 17.6 Å². The first-order valence-electron chi connectivity index (χ1n) is 9.53. The molecule has 4 aliphatic rings. The molecule has 25 heavy (non-hydrogen) atoms. The Morgan fingerprint density at radius 2 is 1.32 bits per heavy atom. The van der Waals surface area contributed by atoms with Gasteiger partial charge < -0.3 is 18.9 Å². The van der Waals surface area contributed by atoms with Gasteiger partial charge in [0.25, 0.3) is 0 Å². The van der Waals surface area contributed by atoms with Crippen molar-refractivity contribution in [2.75, 3.05) is 13.2 Å². The Labute approximate surface area is 148 Å². The maximum Gasteiger partial charge on any atom is 0.317 e. The largest absolute Gasteiger partial charge is 0.465 e. The Bertz CT molecular complexity index is 514. The quantitative estimate of drug-likeness (QED) is 0.415. The molecule has 0 aromatic rings. The van der Waals surface area contributed by atoms with Gasteiger partial charge in [0.15, 0.2) is 0 Å². The van der Waals surface area contributed by atoms with E-state index in [9.17, 15) is 9.59 Å². The first-order chi connectivity index (χ1) is 11.9. The van der Waals surface area contributed by atoms with Crippen LogP contribution in [0.5, 0.6) is 0 Å². The van der Waals surface area contributed by atoms with Crippen LogP contribution in [0.4, 0.5) is 0 Å². The summed E-state index contributed by atoms with van der Waals surface area (Å²) in [4.78, 5) is 23.7. The highest BCUT2D eigenvalue weighted by atomic mass is 16.6. The summed E-state index contributed by atoms with van der Waals surface area (Å²) in [6.45, 7) is 5.03. The van der Waals surface area contributed by atoms with Crippen LogP contribution in [0.15, 0.2) is 0 Å². The smallest absolute Gasteiger partial charge is 0.317 e. The van der Waals surface area contributed by atoms with Gasteiger partial charge in [0.2, 0.25) is 0 Å². The first kappa shape index (κ1) is 17.3. The predicted octanol–water partition coefficient (Wildman–Crippen LogP) is 2.38. The number of hydrogen-bond donors (Lipinski definition) is 0. The minimum Gasteiger partial charge on any atom is -0.465 e. The minimum atomic E-state index is -0.489. The minimum absolute atomic E-state index is 0.0758. The summed E-state index contributed by atoms with van der Waals surface area (Å²) in [6, 6.07) is 0. The number of rotatable bonds is 6. The van der Waals surface area contributed by atoms with Gasteiger partial charge in [-0.2, -0.15) is 0 Å². The lowest BCUT2D eigenvalue weighted by Crippen LogP contribution is -2.27. The van der Waals surface area contributed by atoms with E-state index in [2.05, 4.69) is 13.8 Å². The number of hydrogen-bond acceptors (Lipinski definition) is 6. The highest BCUT2D eigenvalue weighted by Gasteiger charge is 2.56. The first-order valence-corrected chi connectivity index (χ1v) is 9.53. The van der Waals surface area contributed by atoms with Gasteiger partial charge in [-0.25, -0.2) is 0 Å². The molecule has 0 N–H and O–H groups in total. The van der Waals surface area contributed by atoms with E-state index in [4.69, 9.17) is 18.9 Å². The number of carbonyl (C=O) groups excluding carboxylic acids is 2. The van der Waals surface area contributed by atoms with E-state index in [0.717, 1.165) is 38.5 Å². The Hall–Kier alpha value is -1.14. The van der Waals surface area contributed by atoms with Crippen LogP contribution in [-0.4, -0.2) is 48.6 Å². The molecule has 4 rings (SSSR count). The van der Waals surface area contributed by atoms with Crippen molar-refractivity contribution in [1.29, 1.82) is 0 Å². The van der Waals surface area contributed by atoms with Crippen LogP contribution in [0.3, 0.4) is 0 Å². The third kappa shape index (κ3) is 3.85. The topological polar surface area (TPSA) is 77.7 Å². The predicted molar refractivity (Wildman–Crippen MR) is 87.8 cm³/mol. The van der Waals surface area contributed by atoms with Gasteiger partial charge in [-0.15, -0.1) is 0 Å². The van der Waals surface area contributed by atoms with E-state index >= 15 is 0 Å². The summed E-state index contributed by atoms with van der Waals surface area (Å²) in [7, 11) is 0. The maximum absolute atomic E-state index is 11.8. The summed E-state index contributed by atoms with van der Waals surface area (Å²) >= 11 is 0. The molecule has 140 valence electrons. The molecule has 2 saturated carbocycles. The van der Waals surface area contributed by atoms with Crippen molar-refractivity contribution in [1.82, 2.24) is 0 Å². The average Bonchev–Trinajstić information content (AvgIpc) is 3.43. The Kier molecular flexibility index (Phi) is 4.31. The van der Waals surface area contributed by atoms with Crippen molar-refractivity contribution in [3.8, 4) is 0 Å². The Morgan fingerprint density at radius 3 is 1.72 bits per heavy atom. The van der Waals surface area contributed by atoms with Crippen molar-refractivity contribution in [3.05, 3.63) is 0 Å². The van der Waals surface area contributed by atoms with Crippen LogP contribution in [0.2, 0.25) is 0 Å². The number of epoxide rings is 2. The SMILES string of the molecule is CC12CCC(COC(=O)CC(=O)OCC3CCC4(C)OC4C3)CC1O2. The van der Waals surface area contributed by atoms with Gasteiger partial charge in [0.1, 0.15) is 6.42 Å². The van der Waals surface area contributed by atoms with Crippen molar-refractivity contribution in [3.63, 3.8) is 0 Å². The number of esters is 2. The van der Waals surface area contributed by atoms with Crippen LogP contribution in [0, 0.1) is 11.8 Å². The maximum atomic E-state index is 11.8. The number of ether oxygens (including phenoxy) is 4. The van der Waals surface area contributed by atoms with Crippen molar-refractivity contribution in [2.45, 2.75) is 82.2 Å². The van der Waals surface area contributed by atoms with Crippen LogP contribution in [-0.2, 0) is 28.5 Å². The van der Waals surface area contributed by atoms with Crippen molar-refractivity contribution < 1.29 is 28.5 Å². The lowest BCUT2D eigenvalue weighted by atomic mass is 9.83. The molecule has 6 atom stereocenters. The molecule has 6 unspecified atom stereocenters. The molecule has 0 amide bonds. The zero-order valence-electron chi connectivity index (χ0n) is 15.1.